The Morgan fingerprint density at radius 2 is 1.31 bits per heavy atom. The first-order valence-corrected chi connectivity index (χ1v) is 10.5. The Bertz CT molecular complexity index is 1270. The fourth-order valence-electron chi connectivity index (χ4n) is 3.38. The van der Waals surface area contributed by atoms with Crippen LogP contribution in [0.2, 0.25) is 0 Å². The van der Waals surface area contributed by atoms with Gasteiger partial charge in [-0.2, -0.15) is 0 Å². The minimum absolute atomic E-state index is 0.178. The van der Waals surface area contributed by atoms with E-state index in [4.69, 9.17) is 12.2 Å². The van der Waals surface area contributed by atoms with Crippen molar-refractivity contribution in [2.45, 2.75) is 6.42 Å². The molecule has 5 nitrogen and oxygen atoms in total. The molecule has 0 saturated carbocycles. The van der Waals surface area contributed by atoms with E-state index in [9.17, 15) is 9.59 Å². The molecule has 0 unspecified atom stereocenters. The molecule has 4 aromatic rings. The number of carbonyl (C=O) groups is 2. The summed E-state index contributed by atoms with van der Waals surface area (Å²) in [5.41, 5.74) is 2.90. The lowest BCUT2D eigenvalue weighted by molar-refractivity contribution is -0.119. The first-order chi connectivity index (χ1) is 15.6. The van der Waals surface area contributed by atoms with E-state index in [2.05, 4.69) is 16.0 Å². The van der Waals surface area contributed by atoms with Crippen LogP contribution in [0.15, 0.2) is 97.1 Å². The summed E-state index contributed by atoms with van der Waals surface area (Å²) in [5.74, 6) is -0.367. The maximum absolute atomic E-state index is 12.5. The van der Waals surface area contributed by atoms with Gasteiger partial charge in [-0.25, -0.2) is 0 Å². The average Bonchev–Trinajstić information content (AvgIpc) is 2.81. The lowest BCUT2D eigenvalue weighted by Crippen LogP contribution is -2.35. The number of fused-ring (bicyclic) bond motifs is 1. The molecule has 0 spiro atoms. The van der Waals surface area contributed by atoms with Crippen LogP contribution in [-0.4, -0.2) is 16.9 Å². The fraction of sp³-hybridized carbons (Fsp3) is 0.0385. The van der Waals surface area contributed by atoms with E-state index in [1.165, 1.54) is 0 Å². The summed E-state index contributed by atoms with van der Waals surface area (Å²) in [6, 6.07) is 30.0. The van der Waals surface area contributed by atoms with Gasteiger partial charge in [-0.15, -0.1) is 0 Å². The van der Waals surface area contributed by atoms with Crippen molar-refractivity contribution < 1.29 is 9.59 Å². The number of nitrogens with one attached hydrogen (secondary N) is 3. The van der Waals surface area contributed by atoms with Crippen molar-refractivity contribution in [2.24, 2.45) is 0 Å². The quantitative estimate of drug-likeness (QED) is 0.376. The number of anilines is 2. The van der Waals surface area contributed by atoms with Crippen LogP contribution in [-0.2, 0) is 11.2 Å². The van der Waals surface area contributed by atoms with Crippen LogP contribution >= 0.6 is 12.2 Å². The highest BCUT2D eigenvalue weighted by atomic mass is 32.1. The number of thiocarbonyl (C=S) groups is 1. The minimum Gasteiger partial charge on any atom is -0.332 e. The van der Waals surface area contributed by atoms with Crippen LogP contribution in [0, 0.1) is 0 Å². The molecule has 0 fully saturated rings. The molecule has 0 aromatic heterocycles. The van der Waals surface area contributed by atoms with Gasteiger partial charge in [0, 0.05) is 16.9 Å². The molecule has 0 atom stereocenters. The predicted molar refractivity (Wildman–Crippen MR) is 133 cm³/mol. The summed E-state index contributed by atoms with van der Waals surface area (Å²) in [6.45, 7) is 0. The molecular formula is C26H21N3O2S. The Morgan fingerprint density at radius 3 is 2.06 bits per heavy atom. The summed E-state index contributed by atoms with van der Waals surface area (Å²) in [6.07, 6.45) is 0.230. The van der Waals surface area contributed by atoms with Crippen molar-refractivity contribution in [1.82, 2.24) is 5.32 Å². The Hall–Kier alpha value is -4.03. The van der Waals surface area contributed by atoms with Gasteiger partial charge in [0.2, 0.25) is 5.91 Å². The second-order valence-corrected chi connectivity index (χ2v) is 7.62. The van der Waals surface area contributed by atoms with Crippen LogP contribution in [0.4, 0.5) is 11.4 Å². The summed E-state index contributed by atoms with van der Waals surface area (Å²) in [4.78, 5) is 24.7. The molecule has 0 aliphatic rings. The molecule has 0 bridgehead atoms. The van der Waals surface area contributed by atoms with Crippen molar-refractivity contribution in [2.75, 3.05) is 10.6 Å². The van der Waals surface area contributed by atoms with E-state index in [-0.39, 0.29) is 23.3 Å². The molecule has 0 heterocycles. The lowest BCUT2D eigenvalue weighted by Gasteiger charge is -2.11. The van der Waals surface area contributed by atoms with E-state index in [0.29, 0.717) is 16.9 Å². The van der Waals surface area contributed by atoms with E-state index < -0.39 is 0 Å². The minimum atomic E-state index is -0.189. The van der Waals surface area contributed by atoms with Gasteiger partial charge in [-0.05, 0) is 65.0 Å². The van der Waals surface area contributed by atoms with Gasteiger partial charge in [0.25, 0.3) is 5.91 Å². The van der Waals surface area contributed by atoms with Crippen LogP contribution in [0.3, 0.4) is 0 Å². The standard InChI is InChI=1S/C26H21N3O2S/c30-24(17-20-11-6-10-18-7-4-5-12-23(18)20)29-26(32)28-22-15-13-21(14-16-22)27-25(31)19-8-2-1-3-9-19/h1-16H,17H2,(H,27,31)(H2,28,29,30,32). The fourth-order valence-corrected chi connectivity index (χ4v) is 3.61. The van der Waals surface area contributed by atoms with Gasteiger partial charge in [0.15, 0.2) is 5.11 Å². The van der Waals surface area contributed by atoms with Gasteiger partial charge in [-0.1, -0.05) is 60.7 Å². The van der Waals surface area contributed by atoms with Crippen molar-refractivity contribution in [1.29, 1.82) is 0 Å². The van der Waals surface area contributed by atoms with E-state index in [0.717, 1.165) is 16.3 Å². The van der Waals surface area contributed by atoms with Gasteiger partial charge < -0.3 is 16.0 Å². The topological polar surface area (TPSA) is 70.2 Å². The summed E-state index contributed by atoms with van der Waals surface area (Å²) >= 11 is 5.28. The van der Waals surface area contributed by atoms with Crippen LogP contribution in [0.5, 0.6) is 0 Å². The molecule has 3 N–H and O–H groups in total. The van der Waals surface area contributed by atoms with Crippen molar-refractivity contribution >= 4 is 51.3 Å². The lowest BCUT2D eigenvalue weighted by atomic mass is 10.0. The second-order valence-electron chi connectivity index (χ2n) is 7.21. The number of benzene rings is 4. The highest BCUT2D eigenvalue weighted by Crippen LogP contribution is 2.19. The molecule has 32 heavy (non-hydrogen) atoms. The SMILES string of the molecule is O=C(Cc1cccc2ccccc12)NC(=S)Nc1ccc(NC(=O)c2ccccc2)cc1. The number of hydrogen-bond donors (Lipinski definition) is 3. The zero-order valence-corrected chi connectivity index (χ0v) is 18.0. The third-order valence-electron chi connectivity index (χ3n) is 4.92. The smallest absolute Gasteiger partial charge is 0.255 e. The highest BCUT2D eigenvalue weighted by molar-refractivity contribution is 7.80. The Labute approximate surface area is 191 Å². The van der Waals surface area contributed by atoms with Gasteiger partial charge in [0.1, 0.15) is 0 Å². The first-order valence-electron chi connectivity index (χ1n) is 10.1. The maximum atomic E-state index is 12.5. The van der Waals surface area contributed by atoms with Crippen LogP contribution < -0.4 is 16.0 Å². The molecule has 4 aromatic carbocycles. The van der Waals surface area contributed by atoms with E-state index in [1.54, 1.807) is 36.4 Å². The zero-order chi connectivity index (χ0) is 22.3. The monoisotopic (exact) mass is 439 g/mol. The van der Waals surface area contributed by atoms with E-state index >= 15 is 0 Å². The Morgan fingerprint density at radius 1 is 0.688 bits per heavy atom. The molecule has 158 valence electrons. The summed E-state index contributed by atoms with van der Waals surface area (Å²) < 4.78 is 0. The zero-order valence-electron chi connectivity index (χ0n) is 17.2. The normalized spacial score (nSPS) is 10.4. The molecular weight excluding hydrogens is 418 g/mol. The number of amides is 2. The molecule has 0 aliphatic carbocycles. The number of hydrogen-bond acceptors (Lipinski definition) is 3. The van der Waals surface area contributed by atoms with Crippen molar-refractivity contribution in [3.63, 3.8) is 0 Å². The molecule has 0 radical (unpaired) electrons. The maximum Gasteiger partial charge on any atom is 0.255 e. The molecule has 0 saturated heterocycles. The molecule has 6 heteroatoms. The summed E-state index contributed by atoms with van der Waals surface area (Å²) in [5, 5.41) is 10.9. The van der Waals surface area contributed by atoms with Crippen LogP contribution in [0.25, 0.3) is 10.8 Å². The molecule has 0 aliphatic heterocycles. The molecule has 2 amide bonds. The highest BCUT2D eigenvalue weighted by Gasteiger charge is 2.09. The molecule has 4 rings (SSSR count). The van der Waals surface area contributed by atoms with Crippen molar-refractivity contribution in [3.05, 3.63) is 108 Å². The van der Waals surface area contributed by atoms with Gasteiger partial charge in [0.05, 0.1) is 6.42 Å². The Kier molecular flexibility index (Phi) is 6.53. The average molecular weight is 440 g/mol. The third-order valence-corrected chi connectivity index (χ3v) is 5.12. The van der Waals surface area contributed by atoms with Gasteiger partial charge in [-0.3, -0.25) is 9.59 Å². The van der Waals surface area contributed by atoms with E-state index in [1.807, 2.05) is 60.7 Å². The third kappa shape index (κ3) is 5.36. The van der Waals surface area contributed by atoms with Gasteiger partial charge >= 0.3 is 0 Å². The largest absolute Gasteiger partial charge is 0.332 e. The van der Waals surface area contributed by atoms with Crippen molar-refractivity contribution in [3.8, 4) is 0 Å². The Balaban J connectivity index is 1.32. The predicted octanol–water partition coefficient (Wildman–Crippen LogP) is 5.15. The van der Waals surface area contributed by atoms with Crippen LogP contribution in [0.1, 0.15) is 15.9 Å². The summed E-state index contributed by atoms with van der Waals surface area (Å²) in [7, 11) is 0. The number of rotatable bonds is 5. The number of carbonyl (C=O) groups excluding carboxylic acids is 2. The second kappa shape index (κ2) is 9.85. The first kappa shape index (κ1) is 21.2.